The van der Waals surface area contributed by atoms with E-state index in [4.69, 9.17) is 14.6 Å². The Hall–Kier alpha value is -2.33. The SMILES string of the molecule is Cc1cc(C)c2c(c1)C(c1ccc(OCCO)cc1)C(=O)O2. The van der Waals surface area contributed by atoms with E-state index in [0.29, 0.717) is 11.5 Å². The highest BCUT2D eigenvalue weighted by Crippen LogP contribution is 2.42. The Morgan fingerprint density at radius 3 is 2.59 bits per heavy atom. The minimum Gasteiger partial charge on any atom is -0.491 e. The molecule has 22 heavy (non-hydrogen) atoms. The van der Waals surface area contributed by atoms with E-state index in [1.54, 1.807) is 12.1 Å². The van der Waals surface area contributed by atoms with Crippen molar-refractivity contribution in [3.63, 3.8) is 0 Å². The number of benzene rings is 2. The summed E-state index contributed by atoms with van der Waals surface area (Å²) in [6.07, 6.45) is 0. The maximum absolute atomic E-state index is 12.3. The van der Waals surface area contributed by atoms with E-state index in [9.17, 15) is 4.79 Å². The maximum Gasteiger partial charge on any atom is 0.323 e. The van der Waals surface area contributed by atoms with Gasteiger partial charge in [-0.25, -0.2) is 0 Å². The Labute approximate surface area is 129 Å². The van der Waals surface area contributed by atoms with Crippen molar-refractivity contribution in [3.8, 4) is 11.5 Å². The minimum absolute atomic E-state index is 0.0252. The van der Waals surface area contributed by atoms with Crippen LogP contribution in [-0.2, 0) is 4.79 Å². The maximum atomic E-state index is 12.3. The molecule has 0 saturated carbocycles. The third-order valence-corrected chi connectivity index (χ3v) is 3.77. The number of carbonyl (C=O) groups is 1. The highest BCUT2D eigenvalue weighted by atomic mass is 16.5. The van der Waals surface area contributed by atoms with Crippen LogP contribution in [0, 0.1) is 13.8 Å². The van der Waals surface area contributed by atoms with Crippen LogP contribution in [0.25, 0.3) is 0 Å². The van der Waals surface area contributed by atoms with Crippen molar-refractivity contribution in [2.75, 3.05) is 13.2 Å². The summed E-state index contributed by atoms with van der Waals surface area (Å²) in [6, 6.07) is 11.4. The first kappa shape index (κ1) is 14.6. The lowest BCUT2D eigenvalue weighted by molar-refractivity contribution is -0.133. The number of rotatable bonds is 4. The lowest BCUT2D eigenvalue weighted by Crippen LogP contribution is -2.11. The average Bonchev–Trinajstić information content (AvgIpc) is 2.82. The number of hydrogen-bond acceptors (Lipinski definition) is 4. The molecule has 4 nitrogen and oxygen atoms in total. The van der Waals surface area contributed by atoms with E-state index in [2.05, 4.69) is 0 Å². The van der Waals surface area contributed by atoms with E-state index in [1.807, 2.05) is 38.1 Å². The van der Waals surface area contributed by atoms with Gasteiger partial charge in [-0.3, -0.25) is 4.79 Å². The van der Waals surface area contributed by atoms with Crippen molar-refractivity contribution in [2.24, 2.45) is 0 Å². The molecule has 114 valence electrons. The molecule has 0 fully saturated rings. The molecule has 0 saturated heterocycles. The summed E-state index contributed by atoms with van der Waals surface area (Å²) in [5, 5.41) is 8.76. The van der Waals surface area contributed by atoms with Gasteiger partial charge < -0.3 is 14.6 Å². The highest BCUT2D eigenvalue weighted by molar-refractivity contribution is 5.90. The lowest BCUT2D eigenvalue weighted by Gasteiger charge is -2.10. The lowest BCUT2D eigenvalue weighted by atomic mass is 9.90. The molecule has 0 aromatic heterocycles. The zero-order valence-corrected chi connectivity index (χ0v) is 12.6. The molecule has 1 atom stereocenters. The van der Waals surface area contributed by atoms with Gasteiger partial charge in [-0.2, -0.15) is 0 Å². The number of ether oxygens (including phenoxy) is 2. The number of hydrogen-bond donors (Lipinski definition) is 1. The van der Waals surface area contributed by atoms with Crippen LogP contribution < -0.4 is 9.47 Å². The largest absolute Gasteiger partial charge is 0.491 e. The summed E-state index contributed by atoms with van der Waals surface area (Å²) in [4.78, 5) is 12.3. The molecule has 1 heterocycles. The molecule has 3 rings (SSSR count). The summed E-state index contributed by atoms with van der Waals surface area (Å²) in [6.45, 7) is 4.20. The Morgan fingerprint density at radius 2 is 1.91 bits per heavy atom. The molecule has 0 bridgehead atoms. The Morgan fingerprint density at radius 1 is 1.18 bits per heavy atom. The normalized spacial score (nSPS) is 16.3. The topological polar surface area (TPSA) is 55.8 Å². The molecule has 1 aliphatic heterocycles. The molecule has 0 spiro atoms. The molecule has 1 aliphatic rings. The Kier molecular flexibility index (Phi) is 3.86. The van der Waals surface area contributed by atoms with Crippen molar-refractivity contribution in [1.82, 2.24) is 0 Å². The zero-order chi connectivity index (χ0) is 15.7. The van der Waals surface area contributed by atoms with Gasteiger partial charge in [0.15, 0.2) is 0 Å². The van der Waals surface area contributed by atoms with E-state index in [0.717, 1.165) is 22.3 Å². The van der Waals surface area contributed by atoms with E-state index >= 15 is 0 Å². The predicted molar refractivity (Wildman–Crippen MR) is 82.4 cm³/mol. The van der Waals surface area contributed by atoms with Crippen LogP contribution in [0.3, 0.4) is 0 Å². The average molecular weight is 298 g/mol. The van der Waals surface area contributed by atoms with Gasteiger partial charge in [-0.15, -0.1) is 0 Å². The van der Waals surface area contributed by atoms with E-state index in [-0.39, 0.29) is 25.1 Å². The third-order valence-electron chi connectivity index (χ3n) is 3.77. The smallest absolute Gasteiger partial charge is 0.323 e. The van der Waals surface area contributed by atoms with Gasteiger partial charge >= 0.3 is 5.97 Å². The van der Waals surface area contributed by atoms with Crippen LogP contribution in [-0.4, -0.2) is 24.3 Å². The van der Waals surface area contributed by atoms with Crippen LogP contribution in [0.1, 0.15) is 28.2 Å². The number of aliphatic hydroxyl groups excluding tert-OH is 1. The Balaban J connectivity index is 1.94. The molecule has 1 unspecified atom stereocenters. The fourth-order valence-corrected chi connectivity index (χ4v) is 2.86. The molecule has 0 aliphatic carbocycles. The van der Waals surface area contributed by atoms with Gasteiger partial charge in [-0.05, 0) is 37.1 Å². The van der Waals surface area contributed by atoms with Crippen molar-refractivity contribution in [2.45, 2.75) is 19.8 Å². The van der Waals surface area contributed by atoms with Gasteiger partial charge in [-0.1, -0.05) is 29.8 Å². The number of carbonyl (C=O) groups excluding carboxylic acids is 1. The molecule has 1 N–H and O–H groups in total. The molecular weight excluding hydrogens is 280 g/mol. The molecule has 2 aromatic rings. The number of aryl methyl sites for hydroxylation is 2. The fraction of sp³-hybridized carbons (Fsp3) is 0.278. The van der Waals surface area contributed by atoms with E-state index < -0.39 is 0 Å². The second-order valence-corrected chi connectivity index (χ2v) is 5.50. The summed E-state index contributed by atoms with van der Waals surface area (Å²) < 4.78 is 10.8. The van der Waals surface area contributed by atoms with Crippen molar-refractivity contribution in [3.05, 3.63) is 58.7 Å². The molecule has 4 heteroatoms. The van der Waals surface area contributed by atoms with E-state index in [1.165, 1.54) is 0 Å². The standard InChI is InChI=1S/C18H18O4/c1-11-9-12(2)17-15(10-11)16(18(20)22-17)13-3-5-14(6-4-13)21-8-7-19/h3-6,9-10,16,19H,7-8H2,1-2H3. The molecule has 2 aromatic carbocycles. The first-order valence-electron chi connectivity index (χ1n) is 7.26. The van der Waals surface area contributed by atoms with Gasteiger partial charge in [0.2, 0.25) is 0 Å². The molecule has 0 amide bonds. The van der Waals surface area contributed by atoms with Crippen LogP contribution in [0.15, 0.2) is 36.4 Å². The molecular formula is C18H18O4. The van der Waals surface area contributed by atoms with Gasteiger partial charge in [0.1, 0.15) is 24.0 Å². The number of fused-ring (bicyclic) bond motifs is 1. The number of aliphatic hydroxyl groups is 1. The van der Waals surface area contributed by atoms with Gasteiger partial charge in [0.25, 0.3) is 0 Å². The first-order chi connectivity index (χ1) is 10.6. The monoisotopic (exact) mass is 298 g/mol. The van der Waals surface area contributed by atoms with Crippen LogP contribution in [0.2, 0.25) is 0 Å². The molecule has 0 radical (unpaired) electrons. The highest BCUT2D eigenvalue weighted by Gasteiger charge is 2.35. The van der Waals surface area contributed by atoms with Crippen LogP contribution >= 0.6 is 0 Å². The van der Waals surface area contributed by atoms with Crippen LogP contribution in [0.5, 0.6) is 11.5 Å². The summed E-state index contributed by atoms with van der Waals surface area (Å²) >= 11 is 0. The second kappa shape index (κ2) is 5.81. The van der Waals surface area contributed by atoms with Gasteiger partial charge in [0, 0.05) is 5.56 Å². The quantitative estimate of drug-likeness (QED) is 0.696. The number of esters is 1. The third kappa shape index (κ3) is 2.57. The second-order valence-electron chi connectivity index (χ2n) is 5.50. The minimum atomic E-state index is -0.388. The van der Waals surface area contributed by atoms with Crippen molar-refractivity contribution in [1.29, 1.82) is 0 Å². The predicted octanol–water partition coefficient (Wildman–Crippen LogP) is 2.73. The Bertz CT molecular complexity index is 704. The first-order valence-corrected chi connectivity index (χ1v) is 7.26. The summed E-state index contributed by atoms with van der Waals surface area (Å²) in [7, 11) is 0. The fourth-order valence-electron chi connectivity index (χ4n) is 2.86. The zero-order valence-electron chi connectivity index (χ0n) is 12.6. The van der Waals surface area contributed by atoms with Gasteiger partial charge in [0.05, 0.1) is 6.61 Å². The summed E-state index contributed by atoms with van der Waals surface area (Å²) in [5.41, 5.74) is 3.90. The van der Waals surface area contributed by atoms with Crippen LogP contribution in [0.4, 0.5) is 0 Å². The van der Waals surface area contributed by atoms with Crippen molar-refractivity contribution >= 4 is 5.97 Å². The van der Waals surface area contributed by atoms with Crippen molar-refractivity contribution < 1.29 is 19.4 Å². The summed E-state index contributed by atoms with van der Waals surface area (Å²) in [5.74, 6) is 0.722.